The zero-order valence-electron chi connectivity index (χ0n) is 16.0. The molecule has 31 heavy (non-hydrogen) atoms. The number of fused-ring (bicyclic) bond motifs is 1. The van der Waals surface area contributed by atoms with Crippen molar-refractivity contribution < 1.29 is 12.8 Å². The van der Waals surface area contributed by atoms with E-state index in [1.54, 1.807) is 42.9 Å². The van der Waals surface area contributed by atoms with Gasteiger partial charge in [0.1, 0.15) is 12.0 Å². The zero-order chi connectivity index (χ0) is 21.3. The Morgan fingerprint density at radius 3 is 2.52 bits per heavy atom. The minimum atomic E-state index is -3.71. The van der Waals surface area contributed by atoms with E-state index in [2.05, 4.69) is 24.7 Å². The summed E-state index contributed by atoms with van der Waals surface area (Å²) in [5.41, 5.74) is 3.81. The smallest absolute Gasteiger partial charge is 0.261 e. The summed E-state index contributed by atoms with van der Waals surface area (Å²) in [5.74, 6) is 0.388. The Bertz CT molecular complexity index is 1470. The molecular weight excluding hydrogens is 414 g/mol. The van der Waals surface area contributed by atoms with Crippen LogP contribution in [0.4, 0.5) is 5.69 Å². The van der Waals surface area contributed by atoms with Crippen LogP contribution in [0.2, 0.25) is 0 Å². The van der Waals surface area contributed by atoms with Crippen molar-refractivity contribution in [3.8, 4) is 22.7 Å². The number of rotatable bonds is 5. The first-order valence-electron chi connectivity index (χ1n) is 9.28. The van der Waals surface area contributed by atoms with Crippen molar-refractivity contribution >= 4 is 26.7 Å². The van der Waals surface area contributed by atoms with E-state index in [0.717, 1.165) is 11.1 Å². The maximum atomic E-state index is 12.6. The van der Waals surface area contributed by atoms with Gasteiger partial charge in [0.15, 0.2) is 0 Å². The predicted molar refractivity (Wildman–Crippen MR) is 116 cm³/mol. The second-order valence-corrected chi connectivity index (χ2v) is 8.36. The van der Waals surface area contributed by atoms with E-state index in [1.807, 2.05) is 18.2 Å². The summed E-state index contributed by atoms with van der Waals surface area (Å²) in [7, 11) is -3.71. The van der Waals surface area contributed by atoms with Crippen molar-refractivity contribution in [3.63, 3.8) is 0 Å². The fraction of sp³-hybridized carbons (Fsp3) is 0. The van der Waals surface area contributed by atoms with E-state index in [1.165, 1.54) is 24.6 Å². The standard InChI is InChI=1S/C22H15N5O3S/c28-31(29,18-4-2-1-3-5-18)27-17-10-16(12-23-13-17)15-6-7-19-20(11-15)26-21(14-25-19)22-24-8-9-30-22/h1-14,27H. The van der Waals surface area contributed by atoms with E-state index in [9.17, 15) is 8.42 Å². The summed E-state index contributed by atoms with van der Waals surface area (Å²) >= 11 is 0. The number of pyridine rings is 1. The Morgan fingerprint density at radius 1 is 0.839 bits per heavy atom. The van der Waals surface area contributed by atoms with Gasteiger partial charge in [-0.2, -0.15) is 0 Å². The normalized spacial score (nSPS) is 11.5. The molecule has 0 spiro atoms. The second-order valence-electron chi connectivity index (χ2n) is 6.68. The molecule has 0 unspecified atom stereocenters. The van der Waals surface area contributed by atoms with Crippen molar-refractivity contribution in [1.29, 1.82) is 0 Å². The van der Waals surface area contributed by atoms with Crippen molar-refractivity contribution in [1.82, 2.24) is 19.9 Å². The Morgan fingerprint density at radius 2 is 1.71 bits per heavy atom. The van der Waals surface area contributed by atoms with Gasteiger partial charge in [0.25, 0.3) is 10.0 Å². The third kappa shape index (κ3) is 3.86. The van der Waals surface area contributed by atoms with E-state index in [0.29, 0.717) is 28.3 Å². The topological polar surface area (TPSA) is 111 Å². The van der Waals surface area contributed by atoms with Crippen LogP contribution in [0.3, 0.4) is 0 Å². The SMILES string of the molecule is O=S(=O)(Nc1cncc(-c2ccc3ncc(-c4ncco4)nc3c2)c1)c1ccccc1. The van der Waals surface area contributed by atoms with Crippen LogP contribution in [0, 0.1) is 0 Å². The Balaban J connectivity index is 1.49. The summed E-state index contributed by atoms with van der Waals surface area (Å²) in [5, 5.41) is 0. The molecule has 0 saturated heterocycles. The highest BCUT2D eigenvalue weighted by Gasteiger charge is 2.14. The number of hydrogen-bond donors (Lipinski definition) is 1. The minimum absolute atomic E-state index is 0.181. The molecule has 0 aliphatic rings. The van der Waals surface area contributed by atoms with Crippen molar-refractivity contribution in [3.05, 3.63) is 85.6 Å². The lowest BCUT2D eigenvalue weighted by molar-refractivity contribution is 0.572. The summed E-state index contributed by atoms with van der Waals surface area (Å²) in [4.78, 5) is 17.4. The summed E-state index contributed by atoms with van der Waals surface area (Å²) in [6.45, 7) is 0. The van der Waals surface area contributed by atoms with Crippen LogP contribution in [0.15, 0.2) is 95.0 Å². The zero-order valence-corrected chi connectivity index (χ0v) is 16.8. The van der Waals surface area contributed by atoms with Crippen molar-refractivity contribution in [2.24, 2.45) is 0 Å². The highest BCUT2D eigenvalue weighted by atomic mass is 32.2. The lowest BCUT2D eigenvalue weighted by Crippen LogP contribution is -2.12. The molecule has 8 nitrogen and oxygen atoms in total. The van der Waals surface area contributed by atoms with Crippen LogP contribution >= 0.6 is 0 Å². The summed E-state index contributed by atoms with van der Waals surface area (Å²) < 4.78 is 33.1. The van der Waals surface area contributed by atoms with Crippen molar-refractivity contribution in [2.75, 3.05) is 4.72 Å². The van der Waals surface area contributed by atoms with Crippen LogP contribution in [0.1, 0.15) is 0 Å². The average molecular weight is 429 g/mol. The number of benzene rings is 2. The molecule has 152 valence electrons. The first kappa shape index (κ1) is 18.9. The Hall–Kier alpha value is -4.11. The quantitative estimate of drug-likeness (QED) is 0.447. The fourth-order valence-electron chi connectivity index (χ4n) is 3.11. The van der Waals surface area contributed by atoms with Crippen LogP contribution in [0.5, 0.6) is 0 Å². The molecule has 5 aromatic rings. The predicted octanol–water partition coefficient (Wildman–Crippen LogP) is 4.15. The van der Waals surface area contributed by atoms with Gasteiger partial charge in [0.2, 0.25) is 5.89 Å². The van der Waals surface area contributed by atoms with Crippen LogP contribution in [-0.2, 0) is 10.0 Å². The molecule has 9 heteroatoms. The molecule has 0 amide bonds. The maximum absolute atomic E-state index is 12.6. The largest absolute Gasteiger partial charge is 0.443 e. The number of sulfonamides is 1. The van der Waals surface area contributed by atoms with Crippen LogP contribution in [-0.4, -0.2) is 28.4 Å². The first-order chi connectivity index (χ1) is 15.1. The van der Waals surface area contributed by atoms with Crippen molar-refractivity contribution in [2.45, 2.75) is 4.90 Å². The van der Waals surface area contributed by atoms with Gasteiger partial charge in [-0.05, 0) is 35.9 Å². The number of nitrogens with one attached hydrogen (secondary N) is 1. The molecule has 0 bridgehead atoms. The van der Waals surface area contributed by atoms with E-state index in [4.69, 9.17) is 4.42 Å². The Kier molecular flexibility index (Phi) is 4.64. The molecule has 0 radical (unpaired) electrons. The average Bonchev–Trinajstić information content (AvgIpc) is 3.34. The monoisotopic (exact) mass is 429 g/mol. The number of oxazole rings is 1. The molecular formula is C22H15N5O3S. The molecule has 0 aliphatic carbocycles. The minimum Gasteiger partial charge on any atom is -0.443 e. The molecule has 1 N–H and O–H groups in total. The Labute approximate surface area is 177 Å². The fourth-order valence-corrected chi connectivity index (χ4v) is 4.17. The molecule has 2 aromatic carbocycles. The lowest BCUT2D eigenvalue weighted by Gasteiger charge is -2.09. The molecule has 0 aliphatic heterocycles. The van der Waals surface area contributed by atoms with Gasteiger partial charge >= 0.3 is 0 Å². The maximum Gasteiger partial charge on any atom is 0.261 e. The van der Waals surface area contributed by atoms with Gasteiger partial charge < -0.3 is 4.42 Å². The molecule has 5 rings (SSSR count). The second kappa shape index (κ2) is 7.62. The van der Waals surface area contributed by atoms with Gasteiger partial charge in [-0.25, -0.2) is 18.4 Å². The van der Waals surface area contributed by atoms with E-state index >= 15 is 0 Å². The number of hydrogen-bond acceptors (Lipinski definition) is 7. The number of anilines is 1. The van der Waals surface area contributed by atoms with Gasteiger partial charge in [-0.1, -0.05) is 24.3 Å². The van der Waals surface area contributed by atoms with Gasteiger partial charge in [0, 0.05) is 11.8 Å². The highest BCUT2D eigenvalue weighted by molar-refractivity contribution is 7.92. The first-order valence-corrected chi connectivity index (χ1v) is 10.8. The molecule has 0 atom stereocenters. The summed E-state index contributed by atoms with van der Waals surface area (Å²) in [6.07, 6.45) is 7.75. The highest BCUT2D eigenvalue weighted by Crippen LogP contribution is 2.26. The van der Waals surface area contributed by atoms with Gasteiger partial charge in [0.05, 0.1) is 40.2 Å². The summed E-state index contributed by atoms with van der Waals surface area (Å²) in [6, 6.07) is 15.5. The third-order valence-electron chi connectivity index (χ3n) is 4.57. The number of nitrogens with zero attached hydrogens (tertiary/aromatic N) is 4. The third-order valence-corrected chi connectivity index (χ3v) is 5.97. The molecule has 3 aromatic heterocycles. The van der Waals surface area contributed by atoms with Gasteiger partial charge in [-0.15, -0.1) is 0 Å². The van der Waals surface area contributed by atoms with E-state index in [-0.39, 0.29) is 4.90 Å². The molecule has 0 saturated carbocycles. The molecule has 0 fully saturated rings. The van der Waals surface area contributed by atoms with Crippen LogP contribution < -0.4 is 4.72 Å². The lowest BCUT2D eigenvalue weighted by atomic mass is 10.1. The van der Waals surface area contributed by atoms with Gasteiger partial charge in [-0.3, -0.25) is 14.7 Å². The number of aromatic nitrogens is 4. The van der Waals surface area contributed by atoms with E-state index < -0.39 is 10.0 Å². The van der Waals surface area contributed by atoms with Crippen LogP contribution in [0.25, 0.3) is 33.7 Å². The molecule has 3 heterocycles.